The standard InChI is InChI=1S/C12H13ClN2S/c13-9-4-5-15-8-10(14-12(15)7-9)11-3-1-2-6-16-11/h4-5,7-8,11H,1-3,6H2. The fraction of sp³-hybridized carbons (Fsp3) is 0.417. The molecule has 4 heteroatoms. The van der Waals surface area contributed by atoms with Crippen molar-refractivity contribution in [1.29, 1.82) is 0 Å². The summed E-state index contributed by atoms with van der Waals surface area (Å²) in [5.41, 5.74) is 2.15. The molecule has 2 aromatic rings. The van der Waals surface area contributed by atoms with Crippen LogP contribution < -0.4 is 0 Å². The largest absolute Gasteiger partial charge is 0.307 e. The monoisotopic (exact) mass is 252 g/mol. The molecule has 2 nitrogen and oxygen atoms in total. The highest BCUT2D eigenvalue weighted by Crippen LogP contribution is 2.37. The van der Waals surface area contributed by atoms with Crippen LogP contribution in [0, 0.1) is 0 Å². The average Bonchev–Trinajstić information content (AvgIpc) is 2.73. The van der Waals surface area contributed by atoms with Crippen LogP contribution in [0.5, 0.6) is 0 Å². The lowest BCUT2D eigenvalue weighted by Crippen LogP contribution is -2.02. The van der Waals surface area contributed by atoms with Crippen molar-refractivity contribution in [3.8, 4) is 0 Å². The molecule has 0 aliphatic carbocycles. The summed E-state index contributed by atoms with van der Waals surface area (Å²) in [5.74, 6) is 1.26. The summed E-state index contributed by atoms with van der Waals surface area (Å²) in [6.45, 7) is 0. The third-order valence-electron chi connectivity index (χ3n) is 2.95. The minimum atomic E-state index is 0.576. The maximum atomic E-state index is 5.96. The summed E-state index contributed by atoms with van der Waals surface area (Å²) >= 11 is 7.98. The van der Waals surface area contributed by atoms with Crippen molar-refractivity contribution >= 4 is 29.0 Å². The molecule has 0 aromatic carbocycles. The van der Waals surface area contributed by atoms with Gasteiger partial charge in [0.05, 0.1) is 5.69 Å². The molecule has 2 aromatic heterocycles. The zero-order valence-electron chi connectivity index (χ0n) is 8.90. The summed E-state index contributed by atoms with van der Waals surface area (Å²) in [4.78, 5) is 4.65. The van der Waals surface area contributed by atoms with E-state index in [4.69, 9.17) is 11.6 Å². The maximum Gasteiger partial charge on any atom is 0.138 e. The van der Waals surface area contributed by atoms with E-state index in [1.807, 2.05) is 30.1 Å². The van der Waals surface area contributed by atoms with E-state index in [1.54, 1.807) is 0 Å². The average molecular weight is 253 g/mol. The van der Waals surface area contributed by atoms with Crippen molar-refractivity contribution in [2.45, 2.75) is 24.5 Å². The first kappa shape index (κ1) is 10.5. The molecule has 0 spiro atoms. The number of imidazole rings is 1. The zero-order chi connectivity index (χ0) is 11.0. The van der Waals surface area contributed by atoms with Gasteiger partial charge in [-0.15, -0.1) is 0 Å². The number of fused-ring (bicyclic) bond motifs is 1. The lowest BCUT2D eigenvalue weighted by Gasteiger charge is -2.18. The quantitative estimate of drug-likeness (QED) is 0.765. The van der Waals surface area contributed by atoms with E-state index in [2.05, 4.69) is 15.6 Å². The lowest BCUT2D eigenvalue weighted by molar-refractivity contribution is 0.678. The Labute approximate surface area is 104 Å². The third kappa shape index (κ3) is 1.94. The van der Waals surface area contributed by atoms with Crippen LogP contribution in [0.25, 0.3) is 5.65 Å². The van der Waals surface area contributed by atoms with Crippen molar-refractivity contribution in [2.24, 2.45) is 0 Å². The van der Waals surface area contributed by atoms with Gasteiger partial charge >= 0.3 is 0 Å². The van der Waals surface area contributed by atoms with Gasteiger partial charge in [0.1, 0.15) is 5.65 Å². The molecule has 3 rings (SSSR count). The highest BCUT2D eigenvalue weighted by Gasteiger charge is 2.18. The normalized spacial score (nSPS) is 21.4. The van der Waals surface area contributed by atoms with Gasteiger partial charge in [-0.05, 0) is 30.7 Å². The fourth-order valence-corrected chi connectivity index (χ4v) is 3.53. The number of rotatable bonds is 1. The Balaban J connectivity index is 1.97. The SMILES string of the molecule is Clc1ccn2cc(C3CCCCS3)nc2c1. The number of hydrogen-bond acceptors (Lipinski definition) is 2. The Bertz CT molecular complexity index is 503. The van der Waals surface area contributed by atoms with Crippen LogP contribution in [0.3, 0.4) is 0 Å². The molecule has 1 atom stereocenters. The number of pyridine rings is 1. The maximum absolute atomic E-state index is 5.96. The molecule has 1 unspecified atom stereocenters. The molecule has 84 valence electrons. The molecule has 1 aliphatic heterocycles. The molecule has 0 saturated carbocycles. The highest BCUT2D eigenvalue weighted by atomic mass is 35.5. The molecule has 0 N–H and O–H groups in total. The van der Waals surface area contributed by atoms with Gasteiger partial charge in [-0.25, -0.2) is 4.98 Å². The molecule has 1 fully saturated rings. The van der Waals surface area contributed by atoms with E-state index in [-0.39, 0.29) is 0 Å². The number of nitrogens with zero attached hydrogens (tertiary/aromatic N) is 2. The Morgan fingerprint density at radius 2 is 2.38 bits per heavy atom. The fourth-order valence-electron chi connectivity index (χ4n) is 2.11. The first-order valence-electron chi connectivity index (χ1n) is 5.59. The molecule has 16 heavy (non-hydrogen) atoms. The van der Waals surface area contributed by atoms with Gasteiger partial charge in [0.15, 0.2) is 0 Å². The second kappa shape index (κ2) is 4.30. The molecule has 0 amide bonds. The number of aromatic nitrogens is 2. The summed E-state index contributed by atoms with van der Waals surface area (Å²) in [7, 11) is 0. The third-order valence-corrected chi connectivity index (χ3v) is 4.59. The van der Waals surface area contributed by atoms with Crippen molar-refractivity contribution in [3.05, 3.63) is 35.2 Å². The number of hydrogen-bond donors (Lipinski definition) is 0. The van der Waals surface area contributed by atoms with E-state index < -0.39 is 0 Å². The summed E-state index contributed by atoms with van der Waals surface area (Å²) in [6.07, 6.45) is 8.03. The van der Waals surface area contributed by atoms with Gasteiger partial charge < -0.3 is 4.40 Å². The lowest BCUT2D eigenvalue weighted by atomic mass is 10.1. The van der Waals surface area contributed by atoms with Gasteiger partial charge in [0.25, 0.3) is 0 Å². The number of halogens is 1. The minimum Gasteiger partial charge on any atom is -0.307 e. The van der Waals surface area contributed by atoms with E-state index >= 15 is 0 Å². The predicted molar refractivity (Wildman–Crippen MR) is 69.3 cm³/mol. The Hall–Kier alpha value is -0.670. The van der Waals surface area contributed by atoms with Crippen LogP contribution in [0.2, 0.25) is 5.02 Å². The van der Waals surface area contributed by atoms with Crippen LogP contribution in [-0.2, 0) is 0 Å². The first-order chi connectivity index (χ1) is 7.83. The smallest absolute Gasteiger partial charge is 0.138 e. The van der Waals surface area contributed by atoms with E-state index in [9.17, 15) is 0 Å². The van der Waals surface area contributed by atoms with Crippen molar-refractivity contribution in [2.75, 3.05) is 5.75 Å². The van der Waals surface area contributed by atoms with Gasteiger partial charge in [-0.2, -0.15) is 11.8 Å². The van der Waals surface area contributed by atoms with Crippen LogP contribution in [0.4, 0.5) is 0 Å². The van der Waals surface area contributed by atoms with Crippen LogP contribution in [0.1, 0.15) is 30.2 Å². The minimum absolute atomic E-state index is 0.576. The van der Waals surface area contributed by atoms with Crippen LogP contribution in [-0.4, -0.2) is 15.1 Å². The summed E-state index contributed by atoms with van der Waals surface area (Å²) in [6, 6.07) is 3.81. The van der Waals surface area contributed by atoms with E-state index in [1.165, 1.54) is 30.7 Å². The zero-order valence-corrected chi connectivity index (χ0v) is 10.5. The highest BCUT2D eigenvalue weighted by molar-refractivity contribution is 7.99. The second-order valence-corrected chi connectivity index (χ2v) is 5.88. The molecule has 0 radical (unpaired) electrons. The second-order valence-electron chi connectivity index (χ2n) is 4.13. The summed E-state index contributed by atoms with van der Waals surface area (Å²) in [5, 5.41) is 1.33. The van der Waals surface area contributed by atoms with E-state index in [0.29, 0.717) is 5.25 Å². The van der Waals surface area contributed by atoms with Crippen molar-refractivity contribution in [1.82, 2.24) is 9.38 Å². The Kier molecular flexibility index (Phi) is 2.82. The van der Waals surface area contributed by atoms with E-state index in [0.717, 1.165) is 10.7 Å². The molecular weight excluding hydrogens is 240 g/mol. The van der Waals surface area contributed by atoms with Gasteiger partial charge in [-0.3, -0.25) is 0 Å². The Morgan fingerprint density at radius 1 is 1.44 bits per heavy atom. The number of thioether (sulfide) groups is 1. The predicted octanol–water partition coefficient (Wildman–Crippen LogP) is 3.95. The van der Waals surface area contributed by atoms with Gasteiger partial charge in [0.2, 0.25) is 0 Å². The molecule has 0 bridgehead atoms. The first-order valence-corrected chi connectivity index (χ1v) is 7.01. The van der Waals surface area contributed by atoms with Gasteiger partial charge in [0, 0.05) is 22.7 Å². The topological polar surface area (TPSA) is 17.3 Å². The molecule has 1 saturated heterocycles. The Morgan fingerprint density at radius 3 is 3.19 bits per heavy atom. The van der Waals surface area contributed by atoms with Crippen LogP contribution >= 0.6 is 23.4 Å². The van der Waals surface area contributed by atoms with Gasteiger partial charge in [-0.1, -0.05) is 18.0 Å². The van der Waals surface area contributed by atoms with Crippen LogP contribution in [0.15, 0.2) is 24.5 Å². The molecule has 3 heterocycles. The summed E-state index contributed by atoms with van der Waals surface area (Å²) < 4.78 is 2.05. The van der Waals surface area contributed by atoms with Crippen molar-refractivity contribution < 1.29 is 0 Å². The molecular formula is C12H13ClN2S. The van der Waals surface area contributed by atoms with Crippen molar-refractivity contribution in [3.63, 3.8) is 0 Å². The molecule has 1 aliphatic rings.